The average molecular weight is 281 g/mol. The van der Waals surface area contributed by atoms with Crippen molar-refractivity contribution in [1.29, 1.82) is 0 Å². The molecule has 0 aromatic carbocycles. The Morgan fingerprint density at radius 2 is 2.42 bits per heavy atom. The summed E-state index contributed by atoms with van der Waals surface area (Å²) in [6.45, 7) is 3.49. The second-order valence-electron chi connectivity index (χ2n) is 4.68. The van der Waals surface area contributed by atoms with Crippen LogP contribution >= 0.6 is 12.2 Å². The molecule has 19 heavy (non-hydrogen) atoms. The van der Waals surface area contributed by atoms with Gasteiger partial charge >= 0.3 is 0 Å². The summed E-state index contributed by atoms with van der Waals surface area (Å²) in [5.74, 6) is 3.12. The molecule has 2 atom stereocenters. The fourth-order valence-electron chi connectivity index (χ4n) is 1.82. The van der Waals surface area contributed by atoms with Gasteiger partial charge in [-0.15, -0.1) is 0 Å². The summed E-state index contributed by atoms with van der Waals surface area (Å²) < 4.78 is 10.6. The minimum Gasteiger partial charge on any atom is -0.460 e. The van der Waals surface area contributed by atoms with E-state index in [4.69, 9.17) is 21.4 Å². The number of methoxy groups -OCH3 is 1. The predicted octanol–water partition coefficient (Wildman–Crippen LogP) is 1.85. The minimum absolute atomic E-state index is 0.468. The lowest BCUT2D eigenvalue weighted by atomic mass is 10.3. The van der Waals surface area contributed by atoms with Crippen molar-refractivity contribution in [3.05, 3.63) is 23.7 Å². The van der Waals surface area contributed by atoms with Crippen LogP contribution in [-0.4, -0.2) is 31.6 Å². The smallest absolute Gasteiger partial charge is 0.187 e. The topological polar surface area (TPSA) is 58.8 Å². The monoisotopic (exact) mass is 281 g/mol. The summed E-state index contributed by atoms with van der Waals surface area (Å²) in [7, 11) is 1.64. The van der Waals surface area contributed by atoms with Gasteiger partial charge in [-0.3, -0.25) is 5.43 Å². The average Bonchev–Trinajstić information content (AvgIpc) is 2.93. The van der Waals surface area contributed by atoms with E-state index in [1.54, 1.807) is 13.3 Å². The quantitative estimate of drug-likeness (QED) is 0.361. The molecule has 1 heterocycles. The van der Waals surface area contributed by atoms with Crippen LogP contribution in [-0.2, 0) is 4.74 Å². The number of hydrazone groups is 1. The number of nitrogens with zero attached hydrogens (tertiary/aromatic N) is 1. The maximum absolute atomic E-state index is 5.69. The van der Waals surface area contributed by atoms with Crippen LogP contribution in [0, 0.1) is 5.92 Å². The third kappa shape index (κ3) is 4.33. The summed E-state index contributed by atoms with van der Waals surface area (Å²) in [5.41, 5.74) is 2.73. The zero-order valence-corrected chi connectivity index (χ0v) is 12.0. The van der Waals surface area contributed by atoms with Crippen LogP contribution in [0.1, 0.15) is 30.8 Å². The van der Waals surface area contributed by atoms with Gasteiger partial charge in [0.2, 0.25) is 0 Å². The third-order valence-electron chi connectivity index (χ3n) is 3.07. The number of thiocarbonyl (C=S) groups is 1. The van der Waals surface area contributed by atoms with E-state index in [0.29, 0.717) is 24.2 Å². The SMILES string of the molecule is COCCNC(=S)N/N=C\c1ccc([C@H]2C[C@@H]2C)o1. The summed E-state index contributed by atoms with van der Waals surface area (Å²) in [4.78, 5) is 0. The lowest BCUT2D eigenvalue weighted by Gasteiger charge is -2.04. The Kier molecular flexibility index (Phi) is 4.93. The maximum atomic E-state index is 5.69. The van der Waals surface area contributed by atoms with Gasteiger partial charge in [-0.05, 0) is 36.7 Å². The van der Waals surface area contributed by atoms with Gasteiger partial charge in [0.1, 0.15) is 11.5 Å². The Morgan fingerprint density at radius 3 is 3.11 bits per heavy atom. The number of rotatable bonds is 6. The van der Waals surface area contributed by atoms with Crippen molar-refractivity contribution in [3.63, 3.8) is 0 Å². The molecule has 1 fully saturated rings. The van der Waals surface area contributed by atoms with Crippen molar-refractivity contribution in [3.8, 4) is 0 Å². The molecule has 1 aliphatic rings. The molecule has 0 spiro atoms. The Bertz CT molecular complexity index is 458. The van der Waals surface area contributed by atoms with Crippen molar-refractivity contribution in [2.75, 3.05) is 20.3 Å². The van der Waals surface area contributed by atoms with Crippen LogP contribution < -0.4 is 10.7 Å². The zero-order chi connectivity index (χ0) is 13.7. The van der Waals surface area contributed by atoms with Gasteiger partial charge in [0.25, 0.3) is 0 Å². The van der Waals surface area contributed by atoms with E-state index in [1.165, 1.54) is 6.42 Å². The van der Waals surface area contributed by atoms with E-state index in [0.717, 1.165) is 17.4 Å². The van der Waals surface area contributed by atoms with Crippen molar-refractivity contribution in [1.82, 2.24) is 10.7 Å². The van der Waals surface area contributed by atoms with E-state index in [2.05, 4.69) is 22.8 Å². The van der Waals surface area contributed by atoms with Gasteiger partial charge in [-0.2, -0.15) is 5.10 Å². The van der Waals surface area contributed by atoms with Crippen LogP contribution in [0.25, 0.3) is 0 Å². The molecule has 0 unspecified atom stereocenters. The molecule has 1 aromatic rings. The molecule has 0 amide bonds. The molecule has 1 aromatic heterocycles. The van der Waals surface area contributed by atoms with Crippen LogP contribution in [0.2, 0.25) is 0 Å². The molecule has 1 saturated carbocycles. The molecule has 2 N–H and O–H groups in total. The van der Waals surface area contributed by atoms with E-state index in [1.807, 2.05) is 12.1 Å². The molecule has 1 aliphatic carbocycles. The fraction of sp³-hybridized carbons (Fsp3) is 0.538. The Hall–Kier alpha value is -1.40. The first-order valence-electron chi connectivity index (χ1n) is 6.36. The van der Waals surface area contributed by atoms with Gasteiger partial charge < -0.3 is 14.5 Å². The standard InChI is InChI=1S/C13H19N3O2S/c1-9-7-11(9)12-4-3-10(18-12)8-15-16-13(19)14-5-6-17-2/h3-4,8-9,11H,5-7H2,1-2H3,(H2,14,16,19)/b15-8-/t9-,11-/m0/s1. The van der Waals surface area contributed by atoms with Crippen molar-refractivity contribution >= 4 is 23.5 Å². The van der Waals surface area contributed by atoms with E-state index in [9.17, 15) is 0 Å². The van der Waals surface area contributed by atoms with Gasteiger partial charge in [0.05, 0.1) is 12.8 Å². The van der Waals surface area contributed by atoms with Gasteiger partial charge in [0.15, 0.2) is 5.11 Å². The Balaban J connectivity index is 1.73. The van der Waals surface area contributed by atoms with Crippen LogP contribution in [0.4, 0.5) is 0 Å². The van der Waals surface area contributed by atoms with Gasteiger partial charge in [-0.1, -0.05) is 6.92 Å². The molecule has 5 nitrogen and oxygen atoms in total. The van der Waals surface area contributed by atoms with Crippen LogP contribution in [0.15, 0.2) is 21.7 Å². The fourth-order valence-corrected chi connectivity index (χ4v) is 1.97. The predicted molar refractivity (Wildman–Crippen MR) is 78.4 cm³/mol. The van der Waals surface area contributed by atoms with E-state index in [-0.39, 0.29) is 0 Å². The van der Waals surface area contributed by atoms with Gasteiger partial charge in [0, 0.05) is 19.6 Å². The molecular formula is C13H19N3O2S. The number of hydrogen-bond acceptors (Lipinski definition) is 4. The number of hydrogen-bond donors (Lipinski definition) is 2. The molecule has 0 aliphatic heterocycles. The minimum atomic E-state index is 0.468. The number of ether oxygens (including phenoxy) is 1. The maximum Gasteiger partial charge on any atom is 0.187 e. The first-order chi connectivity index (χ1) is 9.20. The first kappa shape index (κ1) is 14.0. The summed E-state index contributed by atoms with van der Waals surface area (Å²) in [5, 5.41) is 7.45. The molecule has 6 heteroatoms. The van der Waals surface area contributed by atoms with Crippen molar-refractivity contribution in [2.24, 2.45) is 11.0 Å². The summed E-state index contributed by atoms with van der Waals surface area (Å²) >= 11 is 5.03. The molecule has 104 valence electrons. The molecule has 0 bridgehead atoms. The second-order valence-corrected chi connectivity index (χ2v) is 5.09. The molecule has 2 rings (SSSR count). The number of furan rings is 1. The highest BCUT2D eigenvalue weighted by Crippen LogP contribution is 2.47. The van der Waals surface area contributed by atoms with E-state index < -0.39 is 0 Å². The lowest BCUT2D eigenvalue weighted by Crippen LogP contribution is -2.34. The molecule has 0 radical (unpaired) electrons. The first-order valence-corrected chi connectivity index (χ1v) is 6.77. The van der Waals surface area contributed by atoms with Crippen molar-refractivity contribution in [2.45, 2.75) is 19.3 Å². The second kappa shape index (κ2) is 6.68. The highest BCUT2D eigenvalue weighted by Gasteiger charge is 2.36. The third-order valence-corrected chi connectivity index (χ3v) is 3.31. The lowest BCUT2D eigenvalue weighted by molar-refractivity contribution is 0.204. The van der Waals surface area contributed by atoms with E-state index >= 15 is 0 Å². The van der Waals surface area contributed by atoms with Crippen LogP contribution in [0.3, 0.4) is 0 Å². The summed E-state index contributed by atoms with van der Waals surface area (Å²) in [6.07, 6.45) is 2.84. The molecular weight excluding hydrogens is 262 g/mol. The Labute approximate surface area is 118 Å². The van der Waals surface area contributed by atoms with Gasteiger partial charge in [-0.25, -0.2) is 0 Å². The highest BCUT2D eigenvalue weighted by molar-refractivity contribution is 7.80. The Morgan fingerprint density at radius 1 is 1.63 bits per heavy atom. The summed E-state index contributed by atoms with van der Waals surface area (Å²) in [6, 6.07) is 3.94. The number of nitrogens with one attached hydrogen (secondary N) is 2. The molecule has 0 saturated heterocycles. The van der Waals surface area contributed by atoms with Crippen molar-refractivity contribution < 1.29 is 9.15 Å². The highest BCUT2D eigenvalue weighted by atomic mass is 32.1. The van der Waals surface area contributed by atoms with Crippen LogP contribution in [0.5, 0.6) is 0 Å². The normalized spacial score (nSPS) is 21.6. The largest absolute Gasteiger partial charge is 0.460 e. The zero-order valence-electron chi connectivity index (χ0n) is 11.2.